The molecule has 0 spiro atoms. The van der Waals surface area contributed by atoms with Gasteiger partial charge in [0, 0.05) is 5.41 Å². The number of carbonyl (C=O) groups excluding carboxylic acids is 1. The lowest BCUT2D eigenvalue weighted by atomic mass is 9.52. The van der Waals surface area contributed by atoms with Crippen LogP contribution in [0.5, 0.6) is 0 Å². The minimum Gasteiger partial charge on any atom is -0.299 e. The predicted molar refractivity (Wildman–Crippen MR) is 71.8 cm³/mol. The lowest BCUT2D eigenvalue weighted by Crippen LogP contribution is -2.46. The number of ketones is 1. The maximum absolute atomic E-state index is 12.0. The highest BCUT2D eigenvalue weighted by Crippen LogP contribution is 2.55. The number of carbonyl (C=O) groups is 1. The molecule has 1 nitrogen and oxygen atoms in total. The highest BCUT2D eigenvalue weighted by atomic mass is 16.1. The first-order chi connectivity index (χ1) is 7.79. The third-order valence-electron chi connectivity index (χ3n) is 5.63. The molecule has 3 atom stereocenters. The monoisotopic (exact) mass is 234 g/mol. The van der Waals surface area contributed by atoms with Crippen molar-refractivity contribution in [1.82, 2.24) is 0 Å². The van der Waals surface area contributed by atoms with Gasteiger partial charge in [0.15, 0.2) is 0 Å². The normalized spacial score (nSPS) is 40.4. The molecule has 1 saturated carbocycles. The number of rotatable bonds is 1. The van der Waals surface area contributed by atoms with Gasteiger partial charge in [-0.3, -0.25) is 4.79 Å². The van der Waals surface area contributed by atoms with Gasteiger partial charge in [0.1, 0.15) is 5.78 Å². The number of allylic oxidation sites excluding steroid dienone is 2. The van der Waals surface area contributed by atoms with Crippen molar-refractivity contribution in [2.75, 3.05) is 0 Å². The Kier molecular flexibility index (Phi) is 3.00. The fourth-order valence-corrected chi connectivity index (χ4v) is 4.15. The van der Waals surface area contributed by atoms with E-state index in [1.807, 2.05) is 0 Å². The standard InChI is InChI=1S/C16H26O/c1-11-14-13(7-6-9-15(14,3)4)8-10-16(11,5)12(2)17/h8,11,14H,6-7,9-10H2,1-5H3/t11-,14-,16?/m1/s1. The first kappa shape index (κ1) is 12.9. The minimum atomic E-state index is -0.136. The van der Waals surface area contributed by atoms with E-state index in [1.165, 1.54) is 19.3 Å². The van der Waals surface area contributed by atoms with E-state index in [1.54, 1.807) is 12.5 Å². The van der Waals surface area contributed by atoms with Gasteiger partial charge >= 0.3 is 0 Å². The number of hydrogen-bond acceptors (Lipinski definition) is 1. The topological polar surface area (TPSA) is 17.1 Å². The maximum Gasteiger partial charge on any atom is 0.136 e. The highest BCUT2D eigenvalue weighted by molar-refractivity contribution is 5.82. The van der Waals surface area contributed by atoms with Crippen molar-refractivity contribution < 1.29 is 4.79 Å². The van der Waals surface area contributed by atoms with Gasteiger partial charge in [0.2, 0.25) is 0 Å². The SMILES string of the molecule is CC(=O)C1(C)CC=C2CCCC(C)(C)[C@@H]2[C@H]1C. The first-order valence-corrected chi connectivity index (χ1v) is 6.99. The second-order valence-corrected chi connectivity index (χ2v) is 7.07. The molecule has 0 N–H and O–H groups in total. The molecule has 1 heteroatoms. The fraction of sp³-hybridized carbons (Fsp3) is 0.812. The number of fused-ring (bicyclic) bond motifs is 1. The van der Waals surface area contributed by atoms with Crippen LogP contribution in [-0.2, 0) is 4.79 Å². The van der Waals surface area contributed by atoms with Crippen LogP contribution in [0.2, 0.25) is 0 Å². The Hall–Kier alpha value is -0.590. The molecule has 96 valence electrons. The Morgan fingerprint density at radius 1 is 1.35 bits per heavy atom. The molecular formula is C16H26O. The van der Waals surface area contributed by atoms with Crippen molar-refractivity contribution in [3.05, 3.63) is 11.6 Å². The van der Waals surface area contributed by atoms with Crippen LogP contribution >= 0.6 is 0 Å². The third kappa shape index (κ3) is 1.88. The molecule has 0 saturated heterocycles. The Labute approximate surface area is 106 Å². The Morgan fingerprint density at radius 2 is 2.00 bits per heavy atom. The van der Waals surface area contributed by atoms with Crippen LogP contribution in [0.3, 0.4) is 0 Å². The van der Waals surface area contributed by atoms with Crippen LogP contribution in [-0.4, -0.2) is 5.78 Å². The summed E-state index contributed by atoms with van der Waals surface area (Å²) in [5, 5.41) is 0. The summed E-state index contributed by atoms with van der Waals surface area (Å²) in [6.07, 6.45) is 7.21. The molecule has 0 aromatic rings. The average Bonchev–Trinajstić information content (AvgIpc) is 2.22. The van der Waals surface area contributed by atoms with Crippen molar-refractivity contribution in [2.24, 2.45) is 22.7 Å². The summed E-state index contributed by atoms with van der Waals surface area (Å²) in [5.41, 5.74) is 1.86. The summed E-state index contributed by atoms with van der Waals surface area (Å²) in [5.74, 6) is 1.45. The smallest absolute Gasteiger partial charge is 0.136 e. The van der Waals surface area contributed by atoms with E-state index >= 15 is 0 Å². The Morgan fingerprint density at radius 3 is 2.59 bits per heavy atom. The van der Waals surface area contributed by atoms with E-state index in [0.717, 1.165) is 6.42 Å². The van der Waals surface area contributed by atoms with Crippen molar-refractivity contribution in [3.8, 4) is 0 Å². The zero-order valence-corrected chi connectivity index (χ0v) is 12.0. The van der Waals surface area contributed by atoms with Gasteiger partial charge in [-0.05, 0) is 49.9 Å². The van der Waals surface area contributed by atoms with Crippen LogP contribution in [0.1, 0.15) is 60.3 Å². The molecule has 1 unspecified atom stereocenters. The summed E-state index contributed by atoms with van der Waals surface area (Å²) < 4.78 is 0. The second kappa shape index (κ2) is 3.96. The first-order valence-electron chi connectivity index (χ1n) is 6.99. The molecule has 0 aromatic heterocycles. The lowest BCUT2D eigenvalue weighted by molar-refractivity contribution is -0.131. The van der Waals surface area contributed by atoms with Gasteiger partial charge in [-0.2, -0.15) is 0 Å². The maximum atomic E-state index is 12.0. The summed E-state index contributed by atoms with van der Waals surface area (Å²) in [6, 6.07) is 0. The van der Waals surface area contributed by atoms with Crippen molar-refractivity contribution in [3.63, 3.8) is 0 Å². The van der Waals surface area contributed by atoms with Crippen LogP contribution in [0.4, 0.5) is 0 Å². The van der Waals surface area contributed by atoms with Gasteiger partial charge in [-0.25, -0.2) is 0 Å². The Bertz CT molecular complexity index is 364. The zero-order valence-electron chi connectivity index (χ0n) is 12.0. The van der Waals surface area contributed by atoms with E-state index in [-0.39, 0.29) is 5.41 Å². The fourth-order valence-electron chi connectivity index (χ4n) is 4.15. The molecule has 2 aliphatic rings. The van der Waals surface area contributed by atoms with Crippen LogP contribution in [0, 0.1) is 22.7 Å². The summed E-state index contributed by atoms with van der Waals surface area (Å²) >= 11 is 0. The van der Waals surface area contributed by atoms with Crippen LogP contribution in [0.15, 0.2) is 11.6 Å². The van der Waals surface area contributed by atoms with Crippen LogP contribution < -0.4 is 0 Å². The molecule has 0 aliphatic heterocycles. The number of hydrogen-bond donors (Lipinski definition) is 0. The predicted octanol–water partition coefficient (Wildman–Crippen LogP) is 4.37. The molecule has 1 fully saturated rings. The average molecular weight is 234 g/mol. The van der Waals surface area contributed by atoms with Crippen molar-refractivity contribution in [1.29, 1.82) is 0 Å². The summed E-state index contributed by atoms with van der Waals surface area (Å²) in [7, 11) is 0. The van der Waals surface area contributed by atoms with Crippen molar-refractivity contribution >= 4 is 5.78 Å². The lowest BCUT2D eigenvalue weighted by Gasteiger charge is -2.52. The van der Waals surface area contributed by atoms with Gasteiger partial charge in [0.25, 0.3) is 0 Å². The quantitative estimate of drug-likeness (QED) is 0.616. The van der Waals surface area contributed by atoms with Gasteiger partial charge in [-0.15, -0.1) is 0 Å². The van der Waals surface area contributed by atoms with Crippen LogP contribution in [0.25, 0.3) is 0 Å². The van der Waals surface area contributed by atoms with Gasteiger partial charge < -0.3 is 0 Å². The summed E-state index contributed by atoms with van der Waals surface area (Å²) in [4.78, 5) is 12.0. The van der Waals surface area contributed by atoms with Gasteiger partial charge in [0.05, 0.1) is 0 Å². The molecule has 0 aromatic carbocycles. The van der Waals surface area contributed by atoms with Gasteiger partial charge in [-0.1, -0.05) is 39.3 Å². The van der Waals surface area contributed by atoms with E-state index in [0.29, 0.717) is 23.0 Å². The second-order valence-electron chi connectivity index (χ2n) is 7.07. The number of Topliss-reactive ketones (excluding diaryl/α,β-unsaturated/α-hetero) is 1. The molecule has 0 heterocycles. The molecule has 2 rings (SSSR count). The zero-order chi connectivity index (χ0) is 12.8. The van der Waals surface area contributed by atoms with Crippen molar-refractivity contribution in [2.45, 2.75) is 60.3 Å². The molecule has 2 aliphatic carbocycles. The molecule has 0 bridgehead atoms. The van der Waals surface area contributed by atoms with E-state index in [4.69, 9.17) is 0 Å². The minimum absolute atomic E-state index is 0.136. The molecule has 0 amide bonds. The molecular weight excluding hydrogens is 208 g/mol. The van der Waals surface area contributed by atoms with E-state index < -0.39 is 0 Å². The summed E-state index contributed by atoms with van der Waals surface area (Å²) in [6.45, 7) is 11.0. The molecule has 0 radical (unpaired) electrons. The largest absolute Gasteiger partial charge is 0.299 e. The third-order valence-corrected chi connectivity index (χ3v) is 5.63. The highest BCUT2D eigenvalue weighted by Gasteiger charge is 2.49. The Balaban J connectivity index is 2.41. The van der Waals surface area contributed by atoms with E-state index in [2.05, 4.69) is 33.8 Å². The van der Waals surface area contributed by atoms with E-state index in [9.17, 15) is 4.79 Å². The molecule has 17 heavy (non-hydrogen) atoms.